The molecule has 0 spiro atoms. The van der Waals surface area contributed by atoms with Crippen molar-refractivity contribution in [3.05, 3.63) is 60.2 Å². The fraction of sp³-hybridized carbons (Fsp3) is 0.211. The Kier molecular flexibility index (Phi) is 6.65. The molecule has 1 aromatic carbocycles. The van der Waals surface area contributed by atoms with Gasteiger partial charge in [-0.3, -0.25) is 0 Å². The highest BCUT2D eigenvalue weighted by molar-refractivity contribution is 7.91. The van der Waals surface area contributed by atoms with Crippen LogP contribution in [0, 0.1) is 0 Å². The van der Waals surface area contributed by atoms with Gasteiger partial charge in [-0.25, -0.2) is 17.9 Å². The second-order valence-electron chi connectivity index (χ2n) is 6.34. The largest absolute Gasteiger partial charge is 0.503 e. The summed E-state index contributed by atoms with van der Waals surface area (Å²) in [5.41, 5.74) is 1.78. The molecule has 1 aliphatic carbocycles. The molecule has 11 heteroatoms. The van der Waals surface area contributed by atoms with Crippen LogP contribution in [0.4, 0.5) is 4.79 Å². The fourth-order valence-corrected chi connectivity index (χ4v) is 5.39. The number of sulfonamides is 1. The van der Waals surface area contributed by atoms with E-state index in [1.165, 1.54) is 24.0 Å². The van der Waals surface area contributed by atoms with E-state index in [0.717, 1.165) is 11.3 Å². The lowest BCUT2D eigenvalue weighted by atomic mass is 10.1. The number of rotatable bonds is 6. The average molecular weight is 450 g/mol. The van der Waals surface area contributed by atoms with E-state index in [2.05, 4.69) is 14.9 Å². The van der Waals surface area contributed by atoms with Crippen LogP contribution < -0.4 is 9.46 Å². The van der Waals surface area contributed by atoms with Gasteiger partial charge < -0.3 is 14.9 Å². The van der Waals surface area contributed by atoms with Gasteiger partial charge in [-0.15, -0.1) is 21.5 Å². The van der Waals surface area contributed by atoms with E-state index in [1.807, 2.05) is 30.3 Å². The Morgan fingerprint density at radius 1 is 1.10 bits per heavy atom. The van der Waals surface area contributed by atoms with Crippen LogP contribution in [0.1, 0.15) is 17.9 Å². The molecule has 2 heterocycles. The monoisotopic (exact) mass is 449 g/mol. The van der Waals surface area contributed by atoms with Crippen molar-refractivity contribution in [2.75, 3.05) is 7.11 Å². The Hall–Kier alpha value is -3.02. The highest BCUT2D eigenvalue weighted by atomic mass is 32.2. The first-order valence-corrected chi connectivity index (χ1v) is 11.1. The van der Waals surface area contributed by atoms with Crippen molar-refractivity contribution in [3.8, 4) is 16.5 Å². The number of ether oxygens (including phenoxy) is 1. The number of nitrogens with one attached hydrogen (secondary N) is 1. The molecule has 2 atom stereocenters. The molecule has 0 radical (unpaired) electrons. The molecule has 0 aliphatic heterocycles. The third kappa shape index (κ3) is 5.53. The molecule has 2 aromatic heterocycles. The molecule has 0 saturated heterocycles. The van der Waals surface area contributed by atoms with E-state index in [1.54, 1.807) is 24.3 Å². The number of carboxylic acid groups (broad SMARTS) is 2. The number of hydrogen-bond acceptors (Lipinski definition) is 7. The topological polar surface area (TPSA) is 139 Å². The molecule has 0 unspecified atom stereocenters. The Labute approximate surface area is 177 Å². The standard InChI is InChI=1S/C18H17N3O3S2.CH2O3/c1-24-17-9-7-14(19-20-17)16-8-10-18(25-16)26(22,23)21-15-11-13(15)12-5-3-2-4-6-12;2-1(3)4/h2-10,13,15,21H,11H2,1H3;(H2,2,3,4)/t13-,15+;/m1./s1. The Morgan fingerprint density at radius 2 is 1.80 bits per heavy atom. The van der Waals surface area contributed by atoms with Gasteiger partial charge in [0.15, 0.2) is 0 Å². The predicted molar refractivity (Wildman–Crippen MR) is 110 cm³/mol. The summed E-state index contributed by atoms with van der Waals surface area (Å²) in [4.78, 5) is 9.30. The summed E-state index contributed by atoms with van der Waals surface area (Å²) in [7, 11) is -2.02. The molecular weight excluding hydrogens is 430 g/mol. The van der Waals surface area contributed by atoms with Crippen molar-refractivity contribution in [1.82, 2.24) is 14.9 Å². The molecule has 30 heavy (non-hydrogen) atoms. The lowest BCUT2D eigenvalue weighted by Crippen LogP contribution is -2.26. The number of benzene rings is 1. The highest BCUT2D eigenvalue weighted by Crippen LogP contribution is 2.42. The normalized spacial score (nSPS) is 17.5. The van der Waals surface area contributed by atoms with Gasteiger partial charge in [0.05, 0.1) is 12.0 Å². The predicted octanol–water partition coefficient (Wildman–Crippen LogP) is 3.27. The van der Waals surface area contributed by atoms with Gasteiger partial charge in [-0.1, -0.05) is 30.3 Å². The molecule has 0 bridgehead atoms. The number of nitrogens with zero attached hydrogens (tertiary/aromatic N) is 2. The molecule has 1 saturated carbocycles. The van der Waals surface area contributed by atoms with Crippen molar-refractivity contribution >= 4 is 27.5 Å². The lowest BCUT2D eigenvalue weighted by molar-refractivity contribution is 0.137. The number of hydrogen-bond donors (Lipinski definition) is 3. The van der Waals surface area contributed by atoms with Gasteiger partial charge in [-0.2, -0.15) is 0 Å². The van der Waals surface area contributed by atoms with Gasteiger partial charge in [0.1, 0.15) is 9.90 Å². The summed E-state index contributed by atoms with van der Waals surface area (Å²) in [6, 6.07) is 16.7. The first kappa shape index (κ1) is 21.7. The van der Waals surface area contributed by atoms with Crippen molar-refractivity contribution in [1.29, 1.82) is 0 Å². The first-order valence-electron chi connectivity index (χ1n) is 8.77. The van der Waals surface area contributed by atoms with Crippen LogP contribution in [0.25, 0.3) is 10.6 Å². The molecule has 3 aromatic rings. The molecule has 3 N–H and O–H groups in total. The second-order valence-corrected chi connectivity index (χ2v) is 9.37. The van der Waals surface area contributed by atoms with Crippen LogP contribution in [-0.2, 0) is 10.0 Å². The molecule has 158 valence electrons. The van der Waals surface area contributed by atoms with E-state index in [0.29, 0.717) is 11.6 Å². The molecular formula is C19H19N3O6S2. The van der Waals surface area contributed by atoms with Gasteiger partial charge in [0.25, 0.3) is 0 Å². The van der Waals surface area contributed by atoms with Crippen molar-refractivity contribution in [2.45, 2.75) is 22.6 Å². The second kappa shape index (κ2) is 9.20. The van der Waals surface area contributed by atoms with E-state index < -0.39 is 16.2 Å². The summed E-state index contributed by atoms with van der Waals surface area (Å²) in [5.74, 6) is 0.665. The average Bonchev–Trinajstić information content (AvgIpc) is 3.28. The summed E-state index contributed by atoms with van der Waals surface area (Å²) in [5, 5.41) is 21.9. The van der Waals surface area contributed by atoms with E-state index >= 15 is 0 Å². The maximum Gasteiger partial charge on any atom is 0.503 e. The summed E-state index contributed by atoms with van der Waals surface area (Å²) < 4.78 is 33.4. The van der Waals surface area contributed by atoms with Crippen molar-refractivity contribution < 1.29 is 28.2 Å². The van der Waals surface area contributed by atoms with Crippen LogP contribution in [0.15, 0.2) is 58.8 Å². The van der Waals surface area contributed by atoms with E-state index in [9.17, 15) is 8.42 Å². The highest BCUT2D eigenvalue weighted by Gasteiger charge is 2.41. The minimum absolute atomic E-state index is 0.0475. The smallest absolute Gasteiger partial charge is 0.480 e. The number of carbonyl (C=O) groups is 1. The quantitative estimate of drug-likeness (QED) is 0.521. The SMILES string of the molecule is COc1ccc(-c2ccc(S(=O)(=O)N[C@H]3C[C@@H]3c3ccccc3)s2)nn1.O=C(O)O. The molecule has 9 nitrogen and oxygen atoms in total. The summed E-state index contributed by atoms with van der Waals surface area (Å²) in [6.07, 6.45) is -1.01. The molecule has 4 rings (SSSR count). The van der Waals surface area contributed by atoms with Gasteiger partial charge in [0, 0.05) is 18.0 Å². The van der Waals surface area contributed by atoms with Crippen LogP contribution in [0.2, 0.25) is 0 Å². The Morgan fingerprint density at radius 3 is 2.40 bits per heavy atom. The van der Waals surface area contributed by atoms with Gasteiger partial charge >= 0.3 is 6.16 Å². The Bertz CT molecular complexity index is 1100. The minimum Gasteiger partial charge on any atom is -0.480 e. The maximum absolute atomic E-state index is 12.6. The first-order chi connectivity index (χ1) is 14.3. The zero-order chi connectivity index (χ0) is 21.7. The number of methoxy groups -OCH3 is 1. The van der Waals surface area contributed by atoms with Gasteiger partial charge in [0.2, 0.25) is 15.9 Å². The van der Waals surface area contributed by atoms with Crippen LogP contribution >= 0.6 is 11.3 Å². The third-order valence-corrected chi connectivity index (χ3v) is 7.36. The molecule has 1 aliphatic rings. The molecule has 0 amide bonds. The lowest BCUT2D eigenvalue weighted by Gasteiger charge is -2.04. The van der Waals surface area contributed by atoms with E-state index in [4.69, 9.17) is 19.7 Å². The number of thiophene rings is 1. The Balaban J connectivity index is 0.000000589. The van der Waals surface area contributed by atoms with Crippen LogP contribution in [-0.4, -0.2) is 48.1 Å². The van der Waals surface area contributed by atoms with Crippen LogP contribution in [0.3, 0.4) is 0 Å². The molecule has 1 fully saturated rings. The zero-order valence-corrected chi connectivity index (χ0v) is 17.4. The number of aromatic nitrogens is 2. The van der Waals surface area contributed by atoms with E-state index in [-0.39, 0.29) is 16.2 Å². The summed E-state index contributed by atoms with van der Waals surface area (Å²) in [6.45, 7) is 0. The zero-order valence-electron chi connectivity index (χ0n) is 15.8. The maximum atomic E-state index is 12.6. The third-order valence-electron chi connectivity index (χ3n) is 4.27. The van der Waals surface area contributed by atoms with Crippen molar-refractivity contribution in [3.63, 3.8) is 0 Å². The van der Waals surface area contributed by atoms with Crippen molar-refractivity contribution in [2.24, 2.45) is 0 Å². The summed E-state index contributed by atoms with van der Waals surface area (Å²) >= 11 is 1.18. The minimum atomic E-state index is -3.54. The van der Waals surface area contributed by atoms with Crippen LogP contribution in [0.5, 0.6) is 5.88 Å². The van der Waals surface area contributed by atoms with Gasteiger partial charge in [-0.05, 0) is 30.2 Å². The fourth-order valence-electron chi connectivity index (χ4n) is 2.81.